The van der Waals surface area contributed by atoms with Gasteiger partial charge in [0.25, 0.3) is 0 Å². The van der Waals surface area contributed by atoms with E-state index in [1.54, 1.807) is 6.92 Å². The van der Waals surface area contributed by atoms with Gasteiger partial charge in [-0.1, -0.05) is 13.8 Å². The Bertz CT molecular complexity index is 959. The fourth-order valence-corrected chi connectivity index (χ4v) is 11.1. The van der Waals surface area contributed by atoms with Crippen molar-refractivity contribution in [3.8, 4) is 0 Å². The van der Waals surface area contributed by atoms with Gasteiger partial charge in [0, 0.05) is 18.4 Å². The van der Waals surface area contributed by atoms with Gasteiger partial charge in [0.05, 0.1) is 24.2 Å². The van der Waals surface area contributed by atoms with Crippen molar-refractivity contribution in [2.75, 3.05) is 7.11 Å². The molecule has 7 aliphatic rings. The third kappa shape index (κ3) is 3.40. The van der Waals surface area contributed by atoms with Gasteiger partial charge < -0.3 is 33.9 Å². The Morgan fingerprint density at radius 1 is 0.947 bits per heavy atom. The highest BCUT2D eigenvalue weighted by atomic mass is 16.7. The highest BCUT2D eigenvalue weighted by molar-refractivity contribution is 5.72. The molecule has 3 heterocycles. The first-order chi connectivity index (χ1) is 18.1. The molecule has 0 aromatic carbocycles. The Morgan fingerprint density at radius 2 is 1.74 bits per heavy atom. The van der Waals surface area contributed by atoms with Crippen LogP contribution in [0.1, 0.15) is 85.0 Å². The number of methoxy groups -OCH3 is 1. The summed E-state index contributed by atoms with van der Waals surface area (Å²) in [5.41, 5.74) is 0.203. The molecule has 38 heavy (non-hydrogen) atoms. The lowest BCUT2D eigenvalue weighted by molar-refractivity contribution is -0.327. The summed E-state index contributed by atoms with van der Waals surface area (Å²) >= 11 is 0. The Balaban J connectivity index is 1.08. The van der Waals surface area contributed by atoms with E-state index in [-0.39, 0.29) is 40.7 Å². The number of aliphatic hydroxyl groups excluding tert-OH is 2. The fraction of sp³-hybridized carbons (Fsp3) is 0.967. The van der Waals surface area contributed by atoms with Crippen molar-refractivity contribution in [2.45, 2.75) is 134 Å². The Hall–Kier alpha value is -0.770. The summed E-state index contributed by atoms with van der Waals surface area (Å²) in [5.74, 6) is 2.36. The molecule has 8 nitrogen and oxygen atoms in total. The van der Waals surface area contributed by atoms with Crippen LogP contribution in [0.15, 0.2) is 0 Å². The molecule has 0 spiro atoms. The highest BCUT2D eigenvalue weighted by Crippen LogP contribution is 2.74. The zero-order valence-electron chi connectivity index (χ0n) is 23.3. The minimum absolute atomic E-state index is 0.0247. The van der Waals surface area contributed by atoms with Crippen LogP contribution in [0.2, 0.25) is 0 Å². The van der Waals surface area contributed by atoms with Crippen molar-refractivity contribution >= 4 is 5.97 Å². The summed E-state index contributed by atoms with van der Waals surface area (Å²) < 4.78 is 30.4. The first-order valence-electron chi connectivity index (χ1n) is 15.2. The number of rotatable bonds is 3. The lowest BCUT2D eigenvalue weighted by Crippen LogP contribution is -2.67. The van der Waals surface area contributed by atoms with E-state index in [1.165, 1.54) is 20.0 Å². The van der Waals surface area contributed by atoms with E-state index in [0.717, 1.165) is 44.9 Å². The number of carbonyl (C=O) groups excluding carboxylic acids is 1. The Kier molecular flexibility index (Phi) is 6.10. The van der Waals surface area contributed by atoms with E-state index in [1.807, 2.05) is 0 Å². The molecular formula is C30H46O8. The van der Waals surface area contributed by atoms with Gasteiger partial charge in [0.2, 0.25) is 6.29 Å². The van der Waals surface area contributed by atoms with Gasteiger partial charge in [0.1, 0.15) is 18.3 Å². The van der Waals surface area contributed by atoms with E-state index in [4.69, 9.17) is 23.7 Å². The van der Waals surface area contributed by atoms with Crippen LogP contribution in [0.5, 0.6) is 0 Å². The number of hydrogen-bond acceptors (Lipinski definition) is 8. The highest BCUT2D eigenvalue weighted by Gasteiger charge is 2.74. The number of esters is 1. The first kappa shape index (κ1) is 26.1. The zero-order chi connectivity index (χ0) is 26.6. The molecule has 7 fully saturated rings. The average Bonchev–Trinajstić information content (AvgIpc) is 3.34. The number of aliphatic hydroxyl groups is 2. The Morgan fingerprint density at radius 3 is 2.53 bits per heavy atom. The van der Waals surface area contributed by atoms with Gasteiger partial charge in [-0.2, -0.15) is 0 Å². The molecule has 0 aromatic heterocycles. The number of ether oxygens (including phenoxy) is 5. The quantitative estimate of drug-likeness (QED) is 0.419. The second-order valence-corrected chi connectivity index (χ2v) is 14.3. The largest absolute Gasteiger partial charge is 0.435 e. The molecule has 8 heteroatoms. The summed E-state index contributed by atoms with van der Waals surface area (Å²) in [7, 11) is 1.50. The predicted molar refractivity (Wildman–Crippen MR) is 136 cm³/mol. The van der Waals surface area contributed by atoms with Crippen molar-refractivity contribution in [1.82, 2.24) is 0 Å². The molecule has 3 saturated heterocycles. The van der Waals surface area contributed by atoms with Crippen LogP contribution in [0.3, 0.4) is 0 Å². The lowest BCUT2D eigenvalue weighted by atomic mass is 9.42. The second-order valence-electron chi connectivity index (χ2n) is 14.3. The van der Waals surface area contributed by atoms with Crippen molar-refractivity contribution in [3.05, 3.63) is 0 Å². The molecule has 0 amide bonds. The number of hydrogen-bond donors (Lipinski definition) is 2. The molecule has 4 aliphatic carbocycles. The molecule has 0 aromatic rings. The zero-order valence-corrected chi connectivity index (χ0v) is 23.3. The SMILES string of the molecule is CO[C@@H]1[C@H](O)[C@H](O[C@@H]2CC[C@@]3(C)[C@H](CC[C@@H]4[C@@H]3CC[C@]3(C)[C@@H]5CC[C@@]43O[C@H]3OC(=O)C[C@H]35)C2)O[C@@H](C)[C@H]1O. The maximum Gasteiger partial charge on any atom is 0.308 e. The van der Waals surface area contributed by atoms with Crippen LogP contribution in [-0.2, 0) is 28.5 Å². The molecule has 15 atom stereocenters. The third-order valence-electron chi connectivity index (χ3n) is 13.1. The van der Waals surface area contributed by atoms with Crippen LogP contribution in [0, 0.1) is 40.4 Å². The van der Waals surface area contributed by atoms with Gasteiger partial charge in [-0.15, -0.1) is 0 Å². The first-order valence-corrected chi connectivity index (χ1v) is 15.2. The smallest absolute Gasteiger partial charge is 0.308 e. The number of fused-ring (bicyclic) bond motifs is 5. The summed E-state index contributed by atoms with van der Waals surface area (Å²) in [6.45, 7) is 6.78. The van der Waals surface area contributed by atoms with Crippen LogP contribution in [0.4, 0.5) is 0 Å². The lowest BCUT2D eigenvalue weighted by Gasteiger charge is -2.67. The third-order valence-corrected chi connectivity index (χ3v) is 13.1. The standard InChI is InChI=1S/C30H46O8/c1-15-23(32)25(34-4)24(33)27(35-15)36-17-7-10-28(2)16(13-17)5-6-21-20(28)8-11-29(3)19-9-12-30(21,29)38-26-18(19)14-22(31)37-26/h15-21,23-27,32-33H,5-14H2,1-4H3/t15-,16+,17+,18-,19+,20-,21+,23+,24-,25-,26+,27-,28-,29+,30+/m0/s1. The van der Waals surface area contributed by atoms with Crippen molar-refractivity contribution < 1.29 is 38.7 Å². The van der Waals surface area contributed by atoms with Gasteiger partial charge in [-0.25, -0.2) is 0 Å². The molecule has 7 rings (SSSR count). The normalized spacial score (nSPS) is 59.4. The van der Waals surface area contributed by atoms with E-state index < -0.39 is 30.7 Å². The van der Waals surface area contributed by atoms with Crippen molar-refractivity contribution in [1.29, 1.82) is 0 Å². The maximum atomic E-state index is 12.2. The second kappa shape index (κ2) is 8.86. The topological polar surface area (TPSA) is 104 Å². The Labute approximate surface area is 226 Å². The van der Waals surface area contributed by atoms with E-state index in [0.29, 0.717) is 30.1 Å². The monoisotopic (exact) mass is 534 g/mol. The molecule has 0 unspecified atom stereocenters. The van der Waals surface area contributed by atoms with Crippen LogP contribution in [-0.4, -0.2) is 72.0 Å². The molecule has 0 radical (unpaired) electrons. The van der Waals surface area contributed by atoms with Crippen LogP contribution < -0.4 is 0 Å². The molecule has 2 N–H and O–H groups in total. The number of carbonyl (C=O) groups is 1. The van der Waals surface area contributed by atoms with Gasteiger partial charge in [-0.3, -0.25) is 4.79 Å². The maximum absolute atomic E-state index is 12.2. The predicted octanol–water partition coefficient (Wildman–Crippen LogP) is 3.55. The molecular weight excluding hydrogens is 488 g/mol. The molecule has 4 saturated carbocycles. The molecule has 214 valence electrons. The van der Waals surface area contributed by atoms with Gasteiger partial charge in [0.15, 0.2) is 6.29 Å². The van der Waals surface area contributed by atoms with Crippen molar-refractivity contribution in [3.63, 3.8) is 0 Å². The van der Waals surface area contributed by atoms with Gasteiger partial charge >= 0.3 is 5.97 Å². The van der Waals surface area contributed by atoms with Crippen LogP contribution >= 0.6 is 0 Å². The minimum Gasteiger partial charge on any atom is -0.435 e. The summed E-state index contributed by atoms with van der Waals surface area (Å²) in [4.78, 5) is 12.2. The van der Waals surface area contributed by atoms with Crippen LogP contribution in [0.25, 0.3) is 0 Å². The van der Waals surface area contributed by atoms with Gasteiger partial charge in [-0.05, 0) is 93.8 Å². The summed E-state index contributed by atoms with van der Waals surface area (Å²) in [6, 6.07) is 0. The summed E-state index contributed by atoms with van der Waals surface area (Å²) in [5, 5.41) is 21.1. The minimum atomic E-state index is -1.02. The molecule has 2 bridgehead atoms. The fourth-order valence-electron chi connectivity index (χ4n) is 11.1. The van der Waals surface area contributed by atoms with E-state index >= 15 is 0 Å². The average molecular weight is 535 g/mol. The summed E-state index contributed by atoms with van der Waals surface area (Å²) in [6.07, 6.45) is 6.35. The van der Waals surface area contributed by atoms with E-state index in [2.05, 4.69) is 13.8 Å². The molecule has 3 aliphatic heterocycles. The van der Waals surface area contributed by atoms with Crippen molar-refractivity contribution in [2.24, 2.45) is 40.4 Å². The van der Waals surface area contributed by atoms with E-state index in [9.17, 15) is 15.0 Å².